The van der Waals surface area contributed by atoms with Crippen molar-refractivity contribution in [3.05, 3.63) is 35.4 Å². The van der Waals surface area contributed by atoms with E-state index in [-0.39, 0.29) is 11.9 Å². The number of nitrogens with zero attached hydrogens (tertiary/aromatic N) is 1. The first-order chi connectivity index (χ1) is 10.6. The van der Waals surface area contributed by atoms with Crippen molar-refractivity contribution in [1.82, 2.24) is 4.90 Å². The number of rotatable bonds is 5. The van der Waals surface area contributed by atoms with Crippen LogP contribution in [0, 0.1) is 0 Å². The van der Waals surface area contributed by atoms with Gasteiger partial charge in [-0.2, -0.15) is 0 Å². The minimum Gasteiger partial charge on any atom is -0.467 e. The third-order valence-electron chi connectivity index (χ3n) is 3.82. The van der Waals surface area contributed by atoms with E-state index in [1.807, 2.05) is 6.07 Å². The van der Waals surface area contributed by atoms with Crippen LogP contribution >= 0.6 is 0 Å². The van der Waals surface area contributed by atoms with Crippen LogP contribution < -0.4 is 0 Å². The van der Waals surface area contributed by atoms with Gasteiger partial charge in [-0.15, -0.1) is 0 Å². The van der Waals surface area contributed by atoms with Crippen molar-refractivity contribution in [1.29, 1.82) is 0 Å². The molecule has 6 nitrogen and oxygen atoms in total. The predicted octanol–water partition coefficient (Wildman–Crippen LogP) is 1.76. The molecule has 0 N–H and O–H groups in total. The molecule has 2 rings (SSSR count). The molecule has 0 bridgehead atoms. The van der Waals surface area contributed by atoms with E-state index in [9.17, 15) is 9.59 Å². The number of hydrogen-bond donors (Lipinski definition) is 0. The first-order valence-corrected chi connectivity index (χ1v) is 7.16. The van der Waals surface area contributed by atoms with Crippen molar-refractivity contribution in [3.63, 3.8) is 0 Å². The third kappa shape index (κ3) is 3.28. The highest BCUT2D eigenvalue weighted by atomic mass is 16.7. The molecule has 0 aromatic heterocycles. The minimum atomic E-state index is -0.525. The molecule has 0 spiro atoms. The maximum atomic E-state index is 12.7. The fraction of sp³-hybridized carbons (Fsp3) is 0.500. The van der Waals surface area contributed by atoms with Gasteiger partial charge in [0.15, 0.2) is 6.29 Å². The first kappa shape index (κ1) is 16.5. The van der Waals surface area contributed by atoms with Crippen LogP contribution in [0.4, 0.5) is 0 Å². The van der Waals surface area contributed by atoms with Gasteiger partial charge in [-0.05, 0) is 25.0 Å². The van der Waals surface area contributed by atoms with Gasteiger partial charge in [0.1, 0.15) is 6.04 Å². The summed E-state index contributed by atoms with van der Waals surface area (Å²) in [6.07, 6.45) is 0.906. The van der Waals surface area contributed by atoms with Crippen molar-refractivity contribution < 1.29 is 23.8 Å². The second-order valence-corrected chi connectivity index (χ2v) is 5.11. The molecule has 1 aliphatic rings. The van der Waals surface area contributed by atoms with E-state index in [0.29, 0.717) is 18.5 Å². The van der Waals surface area contributed by atoms with Crippen LogP contribution in [0.15, 0.2) is 24.3 Å². The van der Waals surface area contributed by atoms with Gasteiger partial charge < -0.3 is 19.1 Å². The normalized spacial score (nSPS) is 17.8. The molecule has 120 valence electrons. The largest absolute Gasteiger partial charge is 0.467 e. The summed E-state index contributed by atoms with van der Waals surface area (Å²) < 4.78 is 15.2. The standard InChI is InChI=1S/C16H21NO5/c1-20-15(19)13-8-5-9-17(13)14(18)11-6-4-7-12(10-11)16(21-2)22-3/h4,6-7,10,13,16H,5,8-9H2,1-3H3. The second-order valence-electron chi connectivity index (χ2n) is 5.11. The Morgan fingerprint density at radius 2 is 1.95 bits per heavy atom. The number of benzene rings is 1. The number of ether oxygens (including phenoxy) is 3. The molecule has 1 aromatic rings. The second kappa shape index (κ2) is 7.38. The lowest BCUT2D eigenvalue weighted by Gasteiger charge is -2.23. The molecule has 1 amide bonds. The Balaban J connectivity index is 2.22. The lowest BCUT2D eigenvalue weighted by molar-refractivity contribution is -0.145. The Kier molecular flexibility index (Phi) is 5.51. The number of carbonyl (C=O) groups excluding carboxylic acids is 2. The molecule has 0 saturated carbocycles. The molecule has 0 radical (unpaired) electrons. The maximum absolute atomic E-state index is 12.7. The SMILES string of the molecule is COC(=O)C1CCCN1C(=O)c1cccc(C(OC)OC)c1. The molecule has 6 heteroatoms. The summed E-state index contributed by atoms with van der Waals surface area (Å²) in [5.74, 6) is -0.547. The van der Waals surface area contributed by atoms with Crippen molar-refractivity contribution >= 4 is 11.9 Å². The zero-order valence-electron chi connectivity index (χ0n) is 13.1. The van der Waals surface area contributed by atoms with Crippen LogP contribution in [-0.2, 0) is 19.0 Å². The Morgan fingerprint density at radius 3 is 2.59 bits per heavy atom. The lowest BCUT2D eigenvalue weighted by atomic mass is 10.1. The van der Waals surface area contributed by atoms with E-state index in [4.69, 9.17) is 14.2 Å². The van der Waals surface area contributed by atoms with E-state index < -0.39 is 12.3 Å². The molecule has 1 heterocycles. The average molecular weight is 307 g/mol. The Morgan fingerprint density at radius 1 is 1.23 bits per heavy atom. The van der Waals surface area contributed by atoms with Crippen molar-refractivity contribution in [2.75, 3.05) is 27.9 Å². The Bertz CT molecular complexity index is 541. The minimum absolute atomic E-state index is 0.180. The molecule has 1 saturated heterocycles. The molecular weight excluding hydrogens is 286 g/mol. The first-order valence-electron chi connectivity index (χ1n) is 7.16. The van der Waals surface area contributed by atoms with Gasteiger partial charge in [-0.3, -0.25) is 4.79 Å². The van der Waals surface area contributed by atoms with Gasteiger partial charge in [0, 0.05) is 31.9 Å². The maximum Gasteiger partial charge on any atom is 0.328 e. The van der Waals surface area contributed by atoms with Crippen LogP contribution in [0.5, 0.6) is 0 Å². The van der Waals surface area contributed by atoms with E-state index >= 15 is 0 Å². The van der Waals surface area contributed by atoms with Gasteiger partial charge in [-0.25, -0.2) is 4.79 Å². The zero-order chi connectivity index (χ0) is 16.1. The number of esters is 1. The van der Waals surface area contributed by atoms with E-state index in [0.717, 1.165) is 12.0 Å². The Hall–Kier alpha value is -1.92. The van der Waals surface area contributed by atoms with Crippen molar-refractivity contribution in [2.45, 2.75) is 25.2 Å². The molecule has 1 fully saturated rings. The van der Waals surface area contributed by atoms with Crippen molar-refractivity contribution in [2.24, 2.45) is 0 Å². The van der Waals surface area contributed by atoms with E-state index in [1.165, 1.54) is 21.3 Å². The summed E-state index contributed by atoms with van der Waals surface area (Å²) in [5, 5.41) is 0. The smallest absolute Gasteiger partial charge is 0.328 e. The quantitative estimate of drug-likeness (QED) is 0.612. The van der Waals surface area contributed by atoms with Gasteiger partial charge >= 0.3 is 5.97 Å². The highest BCUT2D eigenvalue weighted by Gasteiger charge is 2.35. The molecular formula is C16H21NO5. The summed E-state index contributed by atoms with van der Waals surface area (Å²) >= 11 is 0. The fourth-order valence-corrected chi connectivity index (χ4v) is 2.74. The molecule has 1 aromatic carbocycles. The highest BCUT2D eigenvalue weighted by Crippen LogP contribution is 2.23. The summed E-state index contributed by atoms with van der Waals surface area (Å²) in [7, 11) is 4.42. The molecule has 1 atom stereocenters. The molecule has 22 heavy (non-hydrogen) atoms. The summed E-state index contributed by atoms with van der Waals surface area (Å²) in [4.78, 5) is 26.0. The van der Waals surface area contributed by atoms with Gasteiger partial charge in [0.05, 0.1) is 7.11 Å². The topological polar surface area (TPSA) is 65.1 Å². The van der Waals surface area contributed by atoms with Crippen LogP contribution in [0.1, 0.15) is 35.1 Å². The molecule has 1 unspecified atom stereocenters. The van der Waals surface area contributed by atoms with E-state index in [1.54, 1.807) is 23.1 Å². The van der Waals surface area contributed by atoms with Gasteiger partial charge in [0.25, 0.3) is 5.91 Å². The number of likely N-dealkylation sites (tertiary alicyclic amines) is 1. The van der Waals surface area contributed by atoms with E-state index in [2.05, 4.69) is 0 Å². The third-order valence-corrected chi connectivity index (χ3v) is 3.82. The molecule has 0 aliphatic carbocycles. The predicted molar refractivity (Wildman–Crippen MR) is 79.3 cm³/mol. The fourth-order valence-electron chi connectivity index (χ4n) is 2.74. The number of methoxy groups -OCH3 is 3. The number of hydrogen-bond acceptors (Lipinski definition) is 5. The Labute approximate surface area is 129 Å². The van der Waals surface area contributed by atoms with Gasteiger partial charge in [-0.1, -0.05) is 12.1 Å². The van der Waals surface area contributed by atoms with Gasteiger partial charge in [0.2, 0.25) is 0 Å². The van der Waals surface area contributed by atoms with Crippen LogP contribution in [0.25, 0.3) is 0 Å². The average Bonchev–Trinajstić information content (AvgIpc) is 3.04. The number of amides is 1. The van der Waals surface area contributed by atoms with Crippen molar-refractivity contribution in [3.8, 4) is 0 Å². The molecule has 1 aliphatic heterocycles. The summed E-state index contributed by atoms with van der Waals surface area (Å²) in [5.41, 5.74) is 1.26. The lowest BCUT2D eigenvalue weighted by Crippen LogP contribution is -2.41. The van der Waals surface area contributed by atoms with Crippen LogP contribution in [0.3, 0.4) is 0 Å². The summed E-state index contributed by atoms with van der Waals surface area (Å²) in [6.45, 7) is 0.556. The zero-order valence-corrected chi connectivity index (χ0v) is 13.1. The highest BCUT2D eigenvalue weighted by molar-refractivity contribution is 5.97. The van der Waals surface area contributed by atoms with Crippen LogP contribution in [-0.4, -0.2) is 50.7 Å². The number of carbonyl (C=O) groups is 2. The van der Waals surface area contributed by atoms with Crippen LogP contribution in [0.2, 0.25) is 0 Å². The monoisotopic (exact) mass is 307 g/mol. The summed E-state index contributed by atoms with van der Waals surface area (Å²) in [6, 6.07) is 6.56.